The molecule has 13 heavy (non-hydrogen) atoms. The molecule has 0 atom stereocenters. The fraction of sp³-hybridized carbons (Fsp3) is 1.00. The highest BCUT2D eigenvalue weighted by atomic mass is 32.2. The van der Waals surface area contributed by atoms with E-state index in [-0.39, 0.29) is 12.3 Å². The highest BCUT2D eigenvalue weighted by molar-refractivity contribution is 7.85. The molecule has 0 bridgehead atoms. The Labute approximate surface area is 78.6 Å². The molecule has 1 rings (SSSR count). The molecular formula is C6H17N3O3S. The van der Waals surface area contributed by atoms with Gasteiger partial charge in [-0.25, -0.2) is 0 Å². The lowest BCUT2D eigenvalue weighted by Crippen LogP contribution is -2.39. The van der Waals surface area contributed by atoms with Crippen LogP contribution in [0.3, 0.4) is 0 Å². The van der Waals surface area contributed by atoms with Crippen molar-refractivity contribution in [2.75, 3.05) is 38.5 Å². The second-order valence-electron chi connectivity index (χ2n) is 2.57. The van der Waals surface area contributed by atoms with Crippen molar-refractivity contribution >= 4 is 10.1 Å². The Balaban J connectivity index is 0.000000223. The van der Waals surface area contributed by atoms with Crippen LogP contribution >= 0.6 is 0 Å². The van der Waals surface area contributed by atoms with E-state index < -0.39 is 10.1 Å². The Bertz CT molecular complexity index is 190. The average molecular weight is 211 g/mol. The molecule has 7 heteroatoms. The first kappa shape index (κ1) is 12.8. The van der Waals surface area contributed by atoms with Crippen molar-refractivity contribution in [2.24, 2.45) is 5.73 Å². The minimum atomic E-state index is -3.80. The summed E-state index contributed by atoms with van der Waals surface area (Å²) < 4.78 is 27.3. The molecule has 0 radical (unpaired) electrons. The number of nitrogens with two attached hydrogens (primary N) is 1. The highest BCUT2D eigenvalue weighted by Crippen LogP contribution is 1.74. The van der Waals surface area contributed by atoms with Crippen LogP contribution in [-0.2, 0) is 10.1 Å². The summed E-state index contributed by atoms with van der Waals surface area (Å²) >= 11 is 0. The minimum absolute atomic E-state index is 0.0289. The topological polar surface area (TPSA) is 104 Å². The summed E-state index contributed by atoms with van der Waals surface area (Å²) in [6, 6.07) is 0. The zero-order chi connectivity index (χ0) is 10.2. The van der Waals surface area contributed by atoms with Gasteiger partial charge in [0.1, 0.15) is 0 Å². The van der Waals surface area contributed by atoms with Crippen LogP contribution in [0.5, 0.6) is 0 Å². The molecule has 0 aromatic heterocycles. The van der Waals surface area contributed by atoms with Crippen LogP contribution in [0.4, 0.5) is 0 Å². The second-order valence-corrected chi connectivity index (χ2v) is 4.15. The molecule has 1 fully saturated rings. The van der Waals surface area contributed by atoms with Gasteiger partial charge in [0.2, 0.25) is 0 Å². The Kier molecular flexibility index (Phi) is 7.10. The summed E-state index contributed by atoms with van der Waals surface area (Å²) in [4.78, 5) is 0. The van der Waals surface area contributed by atoms with E-state index in [1.54, 1.807) is 0 Å². The van der Waals surface area contributed by atoms with Crippen LogP contribution in [0.25, 0.3) is 0 Å². The summed E-state index contributed by atoms with van der Waals surface area (Å²) in [5.41, 5.74) is 4.78. The predicted octanol–water partition coefficient (Wildman–Crippen LogP) is -1.99. The lowest BCUT2D eigenvalue weighted by atomic mass is 10.4. The molecule has 6 nitrogen and oxygen atoms in total. The quantitative estimate of drug-likeness (QED) is 0.394. The van der Waals surface area contributed by atoms with Gasteiger partial charge in [0.05, 0.1) is 5.75 Å². The van der Waals surface area contributed by atoms with Gasteiger partial charge in [0.15, 0.2) is 0 Å². The van der Waals surface area contributed by atoms with Gasteiger partial charge in [-0.1, -0.05) is 0 Å². The Morgan fingerprint density at radius 1 is 1.15 bits per heavy atom. The molecule has 0 aromatic carbocycles. The molecule has 5 N–H and O–H groups in total. The van der Waals surface area contributed by atoms with E-state index in [1.165, 1.54) is 0 Å². The summed E-state index contributed by atoms with van der Waals surface area (Å²) in [5, 5.41) is 6.44. The standard InChI is InChI=1S/C4H10N2.C2H7NO3S/c1-2-6-4-3-5-1;3-1-2-7(4,5)6/h5-6H,1-4H2;1-3H2,(H,4,5,6). The van der Waals surface area contributed by atoms with Crippen molar-refractivity contribution in [2.45, 2.75) is 0 Å². The monoisotopic (exact) mass is 211 g/mol. The molecule has 0 saturated carbocycles. The van der Waals surface area contributed by atoms with Gasteiger partial charge in [-0.3, -0.25) is 4.55 Å². The van der Waals surface area contributed by atoms with Gasteiger partial charge in [-0.15, -0.1) is 0 Å². The van der Waals surface area contributed by atoms with E-state index in [9.17, 15) is 8.42 Å². The molecule has 1 aliphatic heterocycles. The minimum Gasteiger partial charge on any atom is -0.329 e. The molecule has 0 spiro atoms. The zero-order valence-corrected chi connectivity index (χ0v) is 8.31. The van der Waals surface area contributed by atoms with Gasteiger partial charge in [-0.2, -0.15) is 8.42 Å². The van der Waals surface area contributed by atoms with Gasteiger partial charge < -0.3 is 16.4 Å². The molecule has 80 valence electrons. The molecule has 0 unspecified atom stereocenters. The summed E-state index contributed by atoms with van der Waals surface area (Å²) in [5.74, 6) is -0.354. The predicted molar refractivity (Wildman–Crippen MR) is 51.2 cm³/mol. The molecule has 1 saturated heterocycles. The first-order valence-corrected chi connectivity index (χ1v) is 5.74. The van der Waals surface area contributed by atoms with E-state index in [2.05, 4.69) is 10.6 Å². The fourth-order valence-electron chi connectivity index (χ4n) is 0.752. The molecule has 0 amide bonds. The number of piperazine rings is 1. The highest BCUT2D eigenvalue weighted by Gasteiger charge is 1.98. The molecule has 1 heterocycles. The number of hydrogen-bond acceptors (Lipinski definition) is 5. The Hall–Kier alpha value is -0.210. The summed E-state index contributed by atoms with van der Waals surface area (Å²) in [6.45, 7) is 4.53. The smallest absolute Gasteiger partial charge is 0.266 e. The third-order valence-electron chi connectivity index (χ3n) is 1.33. The second kappa shape index (κ2) is 7.22. The molecular weight excluding hydrogens is 194 g/mol. The third-order valence-corrected chi connectivity index (χ3v) is 2.08. The maximum absolute atomic E-state index is 9.71. The fourth-order valence-corrected chi connectivity index (χ4v) is 1.05. The van der Waals surface area contributed by atoms with Gasteiger partial charge in [0, 0.05) is 32.7 Å². The molecule has 0 aromatic rings. The van der Waals surface area contributed by atoms with Gasteiger partial charge in [-0.05, 0) is 0 Å². The van der Waals surface area contributed by atoms with Crippen LogP contribution in [0.1, 0.15) is 0 Å². The number of rotatable bonds is 2. The van der Waals surface area contributed by atoms with Crippen molar-refractivity contribution < 1.29 is 13.0 Å². The lowest BCUT2D eigenvalue weighted by Gasteiger charge is -2.11. The largest absolute Gasteiger partial charge is 0.329 e. The molecule has 0 aliphatic carbocycles. The maximum atomic E-state index is 9.71. The van der Waals surface area contributed by atoms with Crippen molar-refractivity contribution in [3.05, 3.63) is 0 Å². The first-order valence-electron chi connectivity index (χ1n) is 4.13. The zero-order valence-electron chi connectivity index (χ0n) is 7.49. The van der Waals surface area contributed by atoms with Crippen molar-refractivity contribution in [3.8, 4) is 0 Å². The average Bonchev–Trinajstić information content (AvgIpc) is 2.06. The van der Waals surface area contributed by atoms with Crippen LogP contribution < -0.4 is 16.4 Å². The van der Waals surface area contributed by atoms with Crippen molar-refractivity contribution in [1.82, 2.24) is 10.6 Å². The summed E-state index contributed by atoms with van der Waals surface area (Å²) in [7, 11) is -3.80. The van der Waals surface area contributed by atoms with E-state index in [1.807, 2.05) is 0 Å². The van der Waals surface area contributed by atoms with Crippen LogP contribution in [-0.4, -0.2) is 51.4 Å². The SMILES string of the molecule is C1CNCCN1.NCCS(=O)(=O)O. The first-order chi connectivity index (χ1) is 6.06. The van der Waals surface area contributed by atoms with E-state index in [0.717, 1.165) is 26.2 Å². The normalized spacial score (nSPS) is 17.4. The third kappa shape index (κ3) is 11.8. The summed E-state index contributed by atoms with van der Waals surface area (Å²) in [6.07, 6.45) is 0. The van der Waals surface area contributed by atoms with Gasteiger partial charge in [0.25, 0.3) is 10.1 Å². The Morgan fingerprint density at radius 2 is 1.54 bits per heavy atom. The number of nitrogens with one attached hydrogen (secondary N) is 2. The Morgan fingerprint density at radius 3 is 1.62 bits per heavy atom. The van der Waals surface area contributed by atoms with Crippen LogP contribution in [0.15, 0.2) is 0 Å². The lowest BCUT2D eigenvalue weighted by molar-refractivity contribution is 0.483. The van der Waals surface area contributed by atoms with E-state index in [4.69, 9.17) is 10.3 Å². The van der Waals surface area contributed by atoms with E-state index >= 15 is 0 Å². The van der Waals surface area contributed by atoms with Crippen LogP contribution in [0, 0.1) is 0 Å². The van der Waals surface area contributed by atoms with Gasteiger partial charge >= 0.3 is 0 Å². The van der Waals surface area contributed by atoms with E-state index in [0.29, 0.717) is 0 Å². The van der Waals surface area contributed by atoms with Crippen LogP contribution in [0.2, 0.25) is 0 Å². The molecule has 1 aliphatic rings. The van der Waals surface area contributed by atoms with Crippen molar-refractivity contribution in [3.63, 3.8) is 0 Å². The number of hydrogen-bond donors (Lipinski definition) is 4. The van der Waals surface area contributed by atoms with Crippen molar-refractivity contribution in [1.29, 1.82) is 0 Å². The maximum Gasteiger partial charge on any atom is 0.266 e.